The summed E-state index contributed by atoms with van der Waals surface area (Å²) in [6.45, 7) is 0.531. The quantitative estimate of drug-likeness (QED) is 0.619. The van der Waals surface area contributed by atoms with Gasteiger partial charge in [0.25, 0.3) is 0 Å². The van der Waals surface area contributed by atoms with E-state index in [1.54, 1.807) is 4.90 Å². The van der Waals surface area contributed by atoms with Gasteiger partial charge in [-0.2, -0.15) is 4.68 Å². The molecule has 1 atom stereocenters. The molecule has 0 aliphatic carbocycles. The van der Waals surface area contributed by atoms with Crippen LogP contribution in [0, 0.1) is 10.1 Å². The first-order valence-corrected chi connectivity index (χ1v) is 6.20. The van der Waals surface area contributed by atoms with E-state index in [1.165, 1.54) is 16.9 Å². The van der Waals surface area contributed by atoms with Gasteiger partial charge in [0.1, 0.15) is 6.54 Å². The van der Waals surface area contributed by atoms with Gasteiger partial charge < -0.3 is 20.1 Å². The zero-order valence-electron chi connectivity index (χ0n) is 10.4. The van der Waals surface area contributed by atoms with Crippen molar-refractivity contribution >= 4 is 11.7 Å². The average Bonchev–Trinajstić information content (AvgIpc) is 2.87. The molecule has 1 aromatic heterocycles. The van der Waals surface area contributed by atoms with E-state index < -0.39 is 4.92 Å². The molecule has 2 heterocycles. The second-order valence-electron chi connectivity index (χ2n) is 4.55. The van der Waals surface area contributed by atoms with Crippen molar-refractivity contribution in [3.8, 4) is 0 Å². The zero-order chi connectivity index (χ0) is 13.8. The van der Waals surface area contributed by atoms with E-state index in [9.17, 15) is 20.0 Å². The van der Waals surface area contributed by atoms with E-state index in [-0.39, 0.29) is 30.9 Å². The van der Waals surface area contributed by atoms with Crippen molar-refractivity contribution in [2.45, 2.75) is 31.8 Å². The number of amides is 1. The molecule has 1 aliphatic heterocycles. The standard InChI is InChI=1S/C11H16N4O4/c16-8-9-3-1-2-5-14(9)11(17)7-13-6-4-10(12-13)15(18)19/h4,6,9,16H,1-3,5,7-8H2. The van der Waals surface area contributed by atoms with Crippen LogP contribution in [0.25, 0.3) is 0 Å². The van der Waals surface area contributed by atoms with Gasteiger partial charge in [-0.15, -0.1) is 0 Å². The van der Waals surface area contributed by atoms with Gasteiger partial charge in [0, 0.05) is 6.54 Å². The lowest BCUT2D eigenvalue weighted by molar-refractivity contribution is -0.389. The summed E-state index contributed by atoms with van der Waals surface area (Å²) in [6.07, 6.45) is 4.12. The number of rotatable bonds is 4. The highest BCUT2D eigenvalue weighted by atomic mass is 16.6. The molecule has 1 N–H and O–H groups in total. The first-order chi connectivity index (χ1) is 9.11. The molecule has 2 rings (SSSR count). The molecule has 0 spiro atoms. The number of hydrogen-bond acceptors (Lipinski definition) is 5. The van der Waals surface area contributed by atoms with Crippen LogP contribution in [0.5, 0.6) is 0 Å². The molecule has 1 unspecified atom stereocenters. The Labute approximate surface area is 109 Å². The van der Waals surface area contributed by atoms with Gasteiger partial charge in [-0.25, -0.2) is 0 Å². The van der Waals surface area contributed by atoms with E-state index in [0.717, 1.165) is 19.3 Å². The lowest BCUT2D eigenvalue weighted by Crippen LogP contribution is -2.46. The van der Waals surface area contributed by atoms with Crippen LogP contribution in [-0.4, -0.2) is 49.8 Å². The topological polar surface area (TPSA) is 102 Å². The van der Waals surface area contributed by atoms with Crippen molar-refractivity contribution in [2.75, 3.05) is 13.2 Å². The summed E-state index contributed by atoms with van der Waals surface area (Å²) in [5, 5.41) is 23.5. The number of nitro groups is 1. The minimum absolute atomic E-state index is 0.0374. The van der Waals surface area contributed by atoms with Gasteiger partial charge in [0.15, 0.2) is 0 Å². The Bertz CT molecular complexity index is 473. The van der Waals surface area contributed by atoms with Crippen LogP contribution in [0.4, 0.5) is 5.82 Å². The van der Waals surface area contributed by atoms with Crippen LogP contribution < -0.4 is 0 Å². The molecule has 0 bridgehead atoms. The predicted molar refractivity (Wildman–Crippen MR) is 65.3 cm³/mol. The van der Waals surface area contributed by atoms with Crippen LogP contribution in [0.1, 0.15) is 19.3 Å². The van der Waals surface area contributed by atoms with E-state index in [0.29, 0.717) is 6.54 Å². The Morgan fingerprint density at radius 1 is 1.58 bits per heavy atom. The van der Waals surface area contributed by atoms with Crippen molar-refractivity contribution in [1.82, 2.24) is 14.7 Å². The van der Waals surface area contributed by atoms with E-state index in [2.05, 4.69) is 5.10 Å². The molecular formula is C11H16N4O4. The third-order valence-electron chi connectivity index (χ3n) is 3.27. The Kier molecular flexibility index (Phi) is 4.10. The molecule has 1 amide bonds. The summed E-state index contributed by atoms with van der Waals surface area (Å²) in [4.78, 5) is 23.6. The lowest BCUT2D eigenvalue weighted by Gasteiger charge is -2.34. The highest BCUT2D eigenvalue weighted by Gasteiger charge is 2.27. The fraction of sp³-hybridized carbons (Fsp3) is 0.636. The third kappa shape index (κ3) is 3.08. The average molecular weight is 268 g/mol. The van der Waals surface area contributed by atoms with Crippen molar-refractivity contribution < 1.29 is 14.8 Å². The van der Waals surface area contributed by atoms with E-state index in [1.807, 2.05) is 0 Å². The molecule has 8 nitrogen and oxygen atoms in total. The summed E-state index contributed by atoms with van der Waals surface area (Å²) in [6, 6.07) is 1.11. The number of piperidine rings is 1. The molecule has 8 heteroatoms. The fourth-order valence-electron chi connectivity index (χ4n) is 2.28. The predicted octanol–water partition coefficient (Wildman–Crippen LogP) is 0.165. The lowest BCUT2D eigenvalue weighted by atomic mass is 10.0. The number of nitrogens with zero attached hydrogens (tertiary/aromatic N) is 4. The van der Waals surface area contributed by atoms with Gasteiger partial charge in [0.2, 0.25) is 5.91 Å². The van der Waals surface area contributed by atoms with Gasteiger partial charge >= 0.3 is 5.82 Å². The molecule has 19 heavy (non-hydrogen) atoms. The second-order valence-corrected chi connectivity index (χ2v) is 4.55. The molecular weight excluding hydrogens is 252 g/mol. The van der Waals surface area contributed by atoms with Gasteiger partial charge in [-0.05, 0) is 24.2 Å². The number of carbonyl (C=O) groups is 1. The first kappa shape index (κ1) is 13.5. The summed E-state index contributed by atoms with van der Waals surface area (Å²) in [7, 11) is 0. The summed E-state index contributed by atoms with van der Waals surface area (Å²) in [5.41, 5.74) is 0. The monoisotopic (exact) mass is 268 g/mol. The smallest absolute Gasteiger partial charge is 0.389 e. The largest absolute Gasteiger partial charge is 0.394 e. The zero-order valence-corrected chi connectivity index (χ0v) is 10.4. The maximum absolute atomic E-state index is 12.1. The van der Waals surface area contributed by atoms with Crippen LogP contribution in [0.2, 0.25) is 0 Å². The maximum atomic E-state index is 12.1. The minimum Gasteiger partial charge on any atom is -0.394 e. The molecule has 0 aromatic carbocycles. The van der Waals surface area contributed by atoms with Crippen molar-refractivity contribution in [3.63, 3.8) is 0 Å². The van der Waals surface area contributed by atoms with E-state index >= 15 is 0 Å². The maximum Gasteiger partial charge on any atom is 0.389 e. The summed E-state index contributed by atoms with van der Waals surface area (Å²) < 4.78 is 1.25. The van der Waals surface area contributed by atoms with Crippen LogP contribution >= 0.6 is 0 Å². The Balaban J connectivity index is 2.00. The van der Waals surface area contributed by atoms with Gasteiger partial charge in [0.05, 0.1) is 30.0 Å². The molecule has 1 aliphatic rings. The van der Waals surface area contributed by atoms with Gasteiger partial charge in [-0.1, -0.05) is 0 Å². The second kappa shape index (κ2) is 5.79. The number of aliphatic hydroxyl groups is 1. The number of carbonyl (C=O) groups excluding carboxylic acids is 1. The number of aromatic nitrogens is 2. The van der Waals surface area contributed by atoms with E-state index in [4.69, 9.17) is 0 Å². The Morgan fingerprint density at radius 2 is 2.37 bits per heavy atom. The normalized spacial score (nSPS) is 19.4. The van der Waals surface area contributed by atoms with Crippen LogP contribution in [-0.2, 0) is 11.3 Å². The van der Waals surface area contributed by atoms with Crippen LogP contribution in [0.3, 0.4) is 0 Å². The SMILES string of the molecule is O=C(Cn1ccc([N+](=O)[O-])n1)N1CCCCC1CO. The fourth-order valence-corrected chi connectivity index (χ4v) is 2.28. The molecule has 104 valence electrons. The molecule has 1 fully saturated rings. The highest BCUT2D eigenvalue weighted by Crippen LogP contribution is 2.17. The first-order valence-electron chi connectivity index (χ1n) is 6.20. The molecule has 1 saturated heterocycles. The molecule has 1 aromatic rings. The number of hydrogen-bond donors (Lipinski definition) is 1. The third-order valence-corrected chi connectivity index (χ3v) is 3.27. The minimum atomic E-state index is -0.599. The summed E-state index contributed by atoms with van der Waals surface area (Å²) in [5.74, 6) is -0.443. The van der Waals surface area contributed by atoms with Crippen molar-refractivity contribution in [3.05, 3.63) is 22.4 Å². The molecule has 0 saturated carbocycles. The Hall–Kier alpha value is -1.96. The van der Waals surface area contributed by atoms with Gasteiger partial charge in [-0.3, -0.25) is 4.79 Å². The summed E-state index contributed by atoms with van der Waals surface area (Å²) >= 11 is 0. The molecule has 0 radical (unpaired) electrons. The van der Waals surface area contributed by atoms with Crippen molar-refractivity contribution in [1.29, 1.82) is 0 Å². The number of likely N-dealkylation sites (tertiary alicyclic amines) is 1. The highest BCUT2D eigenvalue weighted by molar-refractivity contribution is 5.76. The van der Waals surface area contributed by atoms with Crippen molar-refractivity contribution in [2.24, 2.45) is 0 Å². The number of aliphatic hydroxyl groups excluding tert-OH is 1. The Morgan fingerprint density at radius 3 is 3.00 bits per heavy atom. The van der Waals surface area contributed by atoms with Crippen LogP contribution in [0.15, 0.2) is 12.3 Å².